The number of nitrogens with one attached hydrogen (secondary N) is 2. The van der Waals surface area contributed by atoms with Crippen molar-refractivity contribution in [2.24, 2.45) is 0 Å². The Morgan fingerprint density at radius 3 is 2.33 bits per heavy atom. The summed E-state index contributed by atoms with van der Waals surface area (Å²) in [6.45, 7) is 4.60. The molecule has 0 saturated carbocycles. The van der Waals surface area contributed by atoms with E-state index in [1.807, 2.05) is 14.1 Å². The van der Waals surface area contributed by atoms with Gasteiger partial charge in [0.2, 0.25) is 0 Å². The summed E-state index contributed by atoms with van der Waals surface area (Å²) in [5.74, 6) is -0.384. The largest absolute Gasteiger partial charge is 0.457 e. The second-order valence-electron chi connectivity index (χ2n) is 2.38. The van der Waals surface area contributed by atoms with E-state index in [0.29, 0.717) is 13.1 Å². The van der Waals surface area contributed by atoms with Crippen LogP contribution >= 0.6 is 0 Å². The van der Waals surface area contributed by atoms with E-state index >= 15 is 0 Å². The molecule has 0 amide bonds. The van der Waals surface area contributed by atoms with Crippen LogP contribution in [0.2, 0.25) is 0 Å². The number of ether oxygens (including phenoxy) is 1. The number of carbonyl (C=O) groups excluding carboxylic acids is 1. The van der Waals surface area contributed by atoms with Crippen molar-refractivity contribution in [1.29, 1.82) is 0 Å². The normalized spacial score (nSPS) is 9.92. The van der Waals surface area contributed by atoms with Gasteiger partial charge in [0.25, 0.3) is 0 Å². The van der Waals surface area contributed by atoms with Gasteiger partial charge in [-0.15, -0.1) is 0 Å². The molecule has 4 heteroatoms. The molecule has 0 aliphatic carbocycles. The average molecular weight is 172 g/mol. The number of hydrogen-bond donors (Lipinski definition) is 2. The maximum Gasteiger partial charge on any atom is 0.330 e. The molecule has 0 radical (unpaired) electrons. The van der Waals surface area contributed by atoms with Crippen LogP contribution in [0.5, 0.6) is 0 Å². The van der Waals surface area contributed by atoms with Crippen molar-refractivity contribution in [2.75, 3.05) is 27.2 Å². The van der Waals surface area contributed by atoms with Crippen LogP contribution in [0, 0.1) is 0 Å². The monoisotopic (exact) mass is 172 g/mol. The van der Waals surface area contributed by atoms with Gasteiger partial charge in [-0.05, 0) is 14.1 Å². The zero-order valence-electron chi connectivity index (χ0n) is 7.59. The molecule has 0 rings (SSSR count). The summed E-state index contributed by atoms with van der Waals surface area (Å²) in [5, 5.41) is 5.86. The molecule has 0 fully saturated rings. The molecule has 0 aromatic heterocycles. The lowest BCUT2D eigenvalue weighted by atomic mass is 10.3. The fourth-order valence-corrected chi connectivity index (χ4v) is 0.823. The maximum absolute atomic E-state index is 10.8. The number of hydrogen-bond acceptors (Lipinski definition) is 4. The maximum atomic E-state index is 10.8. The van der Waals surface area contributed by atoms with Gasteiger partial charge < -0.3 is 15.4 Å². The predicted octanol–water partition coefficient (Wildman–Crippen LogP) is -0.477. The first kappa shape index (κ1) is 11.1. The minimum absolute atomic E-state index is 0.134. The molecule has 0 saturated heterocycles. The van der Waals surface area contributed by atoms with E-state index in [1.54, 1.807) is 0 Å². The van der Waals surface area contributed by atoms with Gasteiger partial charge in [-0.3, -0.25) is 0 Å². The van der Waals surface area contributed by atoms with Gasteiger partial charge in [0, 0.05) is 19.2 Å². The fraction of sp³-hybridized carbons (Fsp3) is 0.625. The molecule has 0 spiro atoms. The molecule has 12 heavy (non-hydrogen) atoms. The van der Waals surface area contributed by atoms with Crippen molar-refractivity contribution < 1.29 is 9.53 Å². The van der Waals surface area contributed by atoms with Crippen molar-refractivity contribution in [3.05, 3.63) is 12.7 Å². The summed E-state index contributed by atoms with van der Waals surface area (Å²) in [5.41, 5.74) is 0. The summed E-state index contributed by atoms with van der Waals surface area (Å²) in [7, 11) is 3.62. The minimum Gasteiger partial charge on any atom is -0.457 e. The summed E-state index contributed by atoms with van der Waals surface area (Å²) in [4.78, 5) is 10.8. The Morgan fingerprint density at radius 2 is 2.00 bits per heavy atom. The first-order chi connectivity index (χ1) is 5.74. The molecule has 0 aromatic rings. The highest BCUT2D eigenvalue weighted by molar-refractivity contribution is 5.81. The zero-order chi connectivity index (χ0) is 9.40. The molecule has 70 valence electrons. The molecule has 0 unspecified atom stereocenters. The number of likely N-dealkylation sites (N-methyl/N-ethyl adjacent to an activating group) is 2. The number of esters is 1. The standard InChI is InChI=1S/C8H16N2O2/c1-4-8(11)12-7(5-9-2)6-10-3/h4,7,9-10H,1,5-6H2,2-3H3. The fourth-order valence-electron chi connectivity index (χ4n) is 0.823. The Bertz CT molecular complexity index is 142. The second kappa shape index (κ2) is 6.82. The van der Waals surface area contributed by atoms with Gasteiger partial charge in [0.05, 0.1) is 0 Å². The molecular weight excluding hydrogens is 156 g/mol. The van der Waals surface area contributed by atoms with Crippen LogP contribution in [0.3, 0.4) is 0 Å². The Labute approximate surface area is 73.0 Å². The summed E-state index contributed by atoms with van der Waals surface area (Å²) in [6, 6.07) is 0. The summed E-state index contributed by atoms with van der Waals surface area (Å²) < 4.78 is 5.00. The van der Waals surface area contributed by atoms with E-state index in [-0.39, 0.29) is 12.1 Å². The van der Waals surface area contributed by atoms with Gasteiger partial charge in [-0.2, -0.15) is 0 Å². The van der Waals surface area contributed by atoms with Crippen molar-refractivity contribution in [2.45, 2.75) is 6.10 Å². The lowest BCUT2D eigenvalue weighted by molar-refractivity contribution is -0.142. The molecule has 4 nitrogen and oxygen atoms in total. The zero-order valence-corrected chi connectivity index (χ0v) is 7.59. The molecule has 0 bridgehead atoms. The molecule has 0 aliphatic rings. The van der Waals surface area contributed by atoms with E-state index in [2.05, 4.69) is 17.2 Å². The van der Waals surface area contributed by atoms with Crippen LogP contribution in [0.4, 0.5) is 0 Å². The van der Waals surface area contributed by atoms with Gasteiger partial charge in [-0.25, -0.2) is 4.79 Å². The highest BCUT2D eigenvalue weighted by Gasteiger charge is 2.09. The van der Waals surface area contributed by atoms with Crippen LogP contribution in [0.15, 0.2) is 12.7 Å². The Hall–Kier alpha value is -0.870. The molecule has 0 aliphatic heterocycles. The van der Waals surface area contributed by atoms with E-state index in [9.17, 15) is 4.79 Å². The van der Waals surface area contributed by atoms with E-state index in [4.69, 9.17) is 4.74 Å². The van der Waals surface area contributed by atoms with Gasteiger partial charge in [-0.1, -0.05) is 6.58 Å². The van der Waals surface area contributed by atoms with Crippen LogP contribution in [-0.2, 0) is 9.53 Å². The quantitative estimate of drug-likeness (QED) is 0.420. The van der Waals surface area contributed by atoms with Crippen LogP contribution < -0.4 is 10.6 Å². The van der Waals surface area contributed by atoms with E-state index < -0.39 is 0 Å². The third kappa shape index (κ3) is 4.87. The second-order valence-corrected chi connectivity index (χ2v) is 2.38. The van der Waals surface area contributed by atoms with E-state index in [0.717, 1.165) is 0 Å². The van der Waals surface area contributed by atoms with Crippen molar-refractivity contribution in [3.8, 4) is 0 Å². The van der Waals surface area contributed by atoms with Gasteiger partial charge in [0.1, 0.15) is 6.10 Å². The smallest absolute Gasteiger partial charge is 0.330 e. The van der Waals surface area contributed by atoms with Crippen molar-refractivity contribution in [3.63, 3.8) is 0 Å². The lowest BCUT2D eigenvalue weighted by Crippen LogP contribution is -2.36. The first-order valence-electron chi connectivity index (χ1n) is 3.86. The Morgan fingerprint density at radius 1 is 1.50 bits per heavy atom. The highest BCUT2D eigenvalue weighted by atomic mass is 16.5. The predicted molar refractivity (Wildman–Crippen MR) is 47.9 cm³/mol. The van der Waals surface area contributed by atoms with Gasteiger partial charge in [0.15, 0.2) is 0 Å². The lowest BCUT2D eigenvalue weighted by Gasteiger charge is -2.15. The molecular formula is C8H16N2O2. The Kier molecular flexibility index (Phi) is 6.32. The number of carbonyl (C=O) groups is 1. The van der Waals surface area contributed by atoms with E-state index in [1.165, 1.54) is 6.08 Å². The van der Waals surface area contributed by atoms with Crippen molar-refractivity contribution in [1.82, 2.24) is 10.6 Å². The molecule has 0 heterocycles. The summed E-state index contributed by atoms with van der Waals surface area (Å²) in [6.07, 6.45) is 1.03. The SMILES string of the molecule is C=CC(=O)OC(CNC)CNC. The van der Waals surface area contributed by atoms with Crippen LogP contribution in [0.25, 0.3) is 0 Å². The highest BCUT2D eigenvalue weighted by Crippen LogP contribution is 1.90. The third-order valence-electron chi connectivity index (χ3n) is 1.31. The van der Waals surface area contributed by atoms with Crippen molar-refractivity contribution >= 4 is 5.97 Å². The van der Waals surface area contributed by atoms with Gasteiger partial charge >= 0.3 is 5.97 Å². The van der Waals surface area contributed by atoms with Crippen LogP contribution in [-0.4, -0.2) is 39.3 Å². The number of rotatable bonds is 6. The first-order valence-corrected chi connectivity index (χ1v) is 3.86. The minimum atomic E-state index is -0.384. The molecule has 0 atom stereocenters. The topological polar surface area (TPSA) is 50.4 Å². The molecule has 0 aromatic carbocycles. The summed E-state index contributed by atoms with van der Waals surface area (Å²) >= 11 is 0. The Balaban J connectivity index is 3.76. The average Bonchev–Trinajstić information content (AvgIpc) is 2.05. The molecule has 2 N–H and O–H groups in total. The van der Waals surface area contributed by atoms with Crippen LogP contribution in [0.1, 0.15) is 0 Å². The third-order valence-corrected chi connectivity index (χ3v) is 1.31.